The van der Waals surface area contributed by atoms with Crippen molar-refractivity contribution in [1.29, 1.82) is 0 Å². The van der Waals surface area contributed by atoms with E-state index in [1.807, 2.05) is 39.6 Å². The molecular formula is C29H47F3N8O. The second kappa shape index (κ2) is 16.0. The molecule has 1 aromatic heterocycles. The van der Waals surface area contributed by atoms with E-state index in [9.17, 15) is 18.0 Å². The molecule has 0 spiro atoms. The minimum Gasteiger partial charge on any atom is -0.353 e. The first-order valence-electron chi connectivity index (χ1n) is 14.9. The van der Waals surface area contributed by atoms with Crippen molar-refractivity contribution in [2.75, 3.05) is 48.5 Å². The van der Waals surface area contributed by atoms with Crippen LogP contribution in [0.15, 0.2) is 30.0 Å². The number of aromatic nitrogens is 2. The molecule has 3 aliphatic rings. The van der Waals surface area contributed by atoms with Gasteiger partial charge in [-0.1, -0.05) is 13.8 Å². The lowest BCUT2D eigenvalue weighted by molar-refractivity contribution is -0.126. The van der Waals surface area contributed by atoms with Gasteiger partial charge in [-0.05, 0) is 71.5 Å². The maximum Gasteiger partial charge on any atom is 0.224 e. The molecular weight excluding hydrogens is 533 g/mol. The Balaban J connectivity index is 0.00000226. The third kappa shape index (κ3) is 8.81. The summed E-state index contributed by atoms with van der Waals surface area (Å²) in [4.78, 5) is 26.2. The van der Waals surface area contributed by atoms with Crippen molar-refractivity contribution in [3.8, 4) is 0 Å². The van der Waals surface area contributed by atoms with E-state index in [-0.39, 0.29) is 36.5 Å². The van der Waals surface area contributed by atoms with E-state index >= 15 is 0 Å². The van der Waals surface area contributed by atoms with Gasteiger partial charge in [0, 0.05) is 37.2 Å². The number of hydrogen-bond donors (Lipinski definition) is 4. The summed E-state index contributed by atoms with van der Waals surface area (Å²) in [5.41, 5.74) is 0.819. The molecule has 2 aliphatic heterocycles. The van der Waals surface area contributed by atoms with E-state index in [1.165, 1.54) is 0 Å². The van der Waals surface area contributed by atoms with Crippen LogP contribution in [0.2, 0.25) is 0 Å². The van der Waals surface area contributed by atoms with E-state index in [2.05, 4.69) is 31.2 Å². The van der Waals surface area contributed by atoms with Crippen LogP contribution in [0.25, 0.3) is 0 Å². The van der Waals surface area contributed by atoms with Crippen molar-refractivity contribution in [2.24, 2.45) is 5.92 Å². The smallest absolute Gasteiger partial charge is 0.224 e. The molecule has 9 nitrogen and oxygen atoms in total. The summed E-state index contributed by atoms with van der Waals surface area (Å²) < 4.78 is 40.4. The fraction of sp³-hybridized carbons (Fsp3) is 0.690. The second-order valence-electron chi connectivity index (χ2n) is 10.8. The summed E-state index contributed by atoms with van der Waals surface area (Å²) in [5, 5.41) is 12.9. The van der Waals surface area contributed by atoms with Gasteiger partial charge in [0.25, 0.3) is 0 Å². The molecule has 3 heterocycles. The average Bonchev–Trinajstić information content (AvgIpc) is 3.24. The number of nitrogens with zero attached hydrogens (tertiary/aromatic N) is 4. The summed E-state index contributed by atoms with van der Waals surface area (Å²) in [5.74, 6) is -0.386. The molecule has 0 radical (unpaired) electrons. The first-order chi connectivity index (χ1) is 19.8. The van der Waals surface area contributed by atoms with Gasteiger partial charge in [-0.25, -0.2) is 18.2 Å². The molecule has 1 aliphatic carbocycles. The standard InChI is InChI=1S/C27H41F3N8O.C2H6/c1-17(2)34-26-32-16-23-24(36-26)37(3)27(33-15-20(30)14-19(29)8-11-28)38(23)22-6-4-18(5-7-22)25(39)35-21-9-12-31-13-10-21;1-2/h8,14,16-18,21-22,27,31,33H,4-7,9-13,15H2,1-3H3,(H,35,39)(H,32,34,36);1-2H3/b19-8+,20-14+;. The minimum atomic E-state index is -0.999. The molecule has 1 saturated carbocycles. The topological polar surface area (TPSA) is 97.5 Å². The highest BCUT2D eigenvalue weighted by Crippen LogP contribution is 2.41. The van der Waals surface area contributed by atoms with E-state index in [0.717, 1.165) is 57.3 Å². The number of carbonyl (C=O) groups is 1. The number of amides is 1. The number of alkyl halides is 1. The van der Waals surface area contributed by atoms with Crippen molar-refractivity contribution in [3.05, 3.63) is 30.0 Å². The number of halogens is 3. The molecule has 230 valence electrons. The minimum absolute atomic E-state index is 0.0261. The molecule has 1 atom stereocenters. The van der Waals surface area contributed by atoms with E-state index in [4.69, 9.17) is 4.98 Å². The predicted molar refractivity (Wildman–Crippen MR) is 159 cm³/mol. The van der Waals surface area contributed by atoms with Crippen molar-refractivity contribution < 1.29 is 18.0 Å². The number of fused-ring (bicyclic) bond motifs is 1. The summed E-state index contributed by atoms with van der Waals surface area (Å²) >= 11 is 0. The van der Waals surface area contributed by atoms with Gasteiger partial charge in [-0.15, -0.1) is 0 Å². The maximum atomic E-state index is 14.5. The summed E-state index contributed by atoms with van der Waals surface area (Å²) in [6, 6.07) is 0.469. The van der Waals surface area contributed by atoms with Crippen LogP contribution in [-0.4, -0.2) is 73.6 Å². The van der Waals surface area contributed by atoms with E-state index in [1.54, 1.807) is 6.20 Å². The lowest BCUT2D eigenvalue weighted by Gasteiger charge is -2.40. The Bertz CT molecular complexity index is 1040. The Hall–Kier alpha value is -2.86. The molecule has 1 saturated heterocycles. The van der Waals surface area contributed by atoms with Crippen LogP contribution < -0.4 is 31.1 Å². The van der Waals surface area contributed by atoms with Gasteiger partial charge in [0.1, 0.15) is 24.0 Å². The zero-order chi connectivity index (χ0) is 29.9. The van der Waals surface area contributed by atoms with Crippen LogP contribution in [0.4, 0.5) is 30.6 Å². The Morgan fingerprint density at radius 3 is 2.46 bits per heavy atom. The monoisotopic (exact) mass is 580 g/mol. The first kappa shape index (κ1) is 32.7. The zero-order valence-corrected chi connectivity index (χ0v) is 25.0. The Labute approximate surface area is 242 Å². The first-order valence-corrected chi connectivity index (χ1v) is 14.9. The number of nitrogens with one attached hydrogen (secondary N) is 4. The number of anilines is 3. The van der Waals surface area contributed by atoms with Gasteiger partial charge in [-0.2, -0.15) is 4.98 Å². The highest BCUT2D eigenvalue weighted by molar-refractivity contribution is 5.79. The normalized spacial score (nSPS) is 23.7. The number of piperidine rings is 1. The highest BCUT2D eigenvalue weighted by Gasteiger charge is 2.41. The largest absolute Gasteiger partial charge is 0.353 e. The SMILES string of the molecule is CC.CC(C)Nc1ncc2c(n1)N(C)C(NC/C(F)=C\C(F)=C/CF)N2C1CCC(C(=O)NC2CCNCC2)CC1. The lowest BCUT2D eigenvalue weighted by Crippen LogP contribution is -2.56. The van der Waals surface area contributed by atoms with Crippen LogP contribution >= 0.6 is 0 Å². The number of allylic oxidation sites excluding steroid dienone is 3. The molecule has 2 fully saturated rings. The molecule has 41 heavy (non-hydrogen) atoms. The van der Waals surface area contributed by atoms with Crippen molar-refractivity contribution in [1.82, 2.24) is 25.9 Å². The van der Waals surface area contributed by atoms with Gasteiger partial charge in [0.2, 0.25) is 11.9 Å². The second-order valence-corrected chi connectivity index (χ2v) is 10.8. The molecule has 0 bridgehead atoms. The van der Waals surface area contributed by atoms with E-state index in [0.29, 0.717) is 23.9 Å². The van der Waals surface area contributed by atoms with Gasteiger partial charge in [0.15, 0.2) is 12.1 Å². The fourth-order valence-electron chi connectivity index (χ4n) is 5.63. The van der Waals surface area contributed by atoms with Gasteiger partial charge in [0.05, 0.1) is 12.7 Å². The molecule has 1 unspecified atom stereocenters. The van der Waals surface area contributed by atoms with Crippen molar-refractivity contribution in [2.45, 2.75) is 90.6 Å². The van der Waals surface area contributed by atoms with Crippen molar-refractivity contribution in [3.63, 3.8) is 0 Å². The summed E-state index contributed by atoms with van der Waals surface area (Å²) in [6.07, 6.45) is 7.68. The third-order valence-corrected chi connectivity index (χ3v) is 7.58. The van der Waals surface area contributed by atoms with Gasteiger partial charge in [-0.3, -0.25) is 10.1 Å². The Kier molecular flexibility index (Phi) is 12.7. The molecule has 4 N–H and O–H groups in total. The number of hydrogen-bond acceptors (Lipinski definition) is 8. The van der Waals surface area contributed by atoms with Gasteiger partial charge < -0.3 is 25.8 Å². The molecule has 0 aromatic carbocycles. The lowest BCUT2D eigenvalue weighted by atomic mass is 9.84. The number of rotatable bonds is 10. The van der Waals surface area contributed by atoms with E-state index < -0.39 is 24.6 Å². The highest BCUT2D eigenvalue weighted by atomic mass is 19.1. The Morgan fingerprint density at radius 2 is 1.83 bits per heavy atom. The molecule has 12 heteroatoms. The molecule has 4 rings (SSSR count). The van der Waals surface area contributed by atoms with Gasteiger partial charge >= 0.3 is 0 Å². The third-order valence-electron chi connectivity index (χ3n) is 7.58. The molecule has 1 amide bonds. The maximum absolute atomic E-state index is 14.5. The summed E-state index contributed by atoms with van der Waals surface area (Å²) in [7, 11) is 1.87. The van der Waals surface area contributed by atoms with Crippen LogP contribution in [0.1, 0.15) is 66.2 Å². The Morgan fingerprint density at radius 1 is 1.15 bits per heavy atom. The summed E-state index contributed by atoms with van der Waals surface area (Å²) in [6.45, 7) is 8.62. The van der Waals surface area contributed by atoms with Crippen LogP contribution in [-0.2, 0) is 4.79 Å². The predicted octanol–water partition coefficient (Wildman–Crippen LogP) is 4.56. The average molecular weight is 581 g/mol. The van der Waals surface area contributed by atoms with Crippen LogP contribution in [0.5, 0.6) is 0 Å². The van der Waals surface area contributed by atoms with Crippen LogP contribution in [0, 0.1) is 5.92 Å². The quantitative estimate of drug-likeness (QED) is 0.299. The molecule has 1 aromatic rings. The fourth-order valence-corrected chi connectivity index (χ4v) is 5.63. The van der Waals surface area contributed by atoms with Crippen molar-refractivity contribution >= 4 is 23.4 Å². The zero-order valence-electron chi connectivity index (χ0n) is 25.0. The number of carbonyl (C=O) groups excluding carboxylic acids is 1. The van der Waals surface area contributed by atoms with Crippen LogP contribution in [0.3, 0.4) is 0 Å².